The molecule has 7 nitrogen and oxygen atoms in total. The number of nitrogens with zero attached hydrogens (tertiary/aromatic N) is 3. The van der Waals surface area contributed by atoms with E-state index in [0.717, 1.165) is 35.1 Å². The highest BCUT2D eigenvalue weighted by Gasteiger charge is 2.22. The van der Waals surface area contributed by atoms with Gasteiger partial charge in [0, 0.05) is 12.2 Å². The van der Waals surface area contributed by atoms with Crippen LogP contribution in [0, 0.1) is 6.92 Å². The number of pyridine rings is 1. The van der Waals surface area contributed by atoms with Gasteiger partial charge >= 0.3 is 0 Å². The number of aryl methyl sites for hydroxylation is 1. The first-order chi connectivity index (χ1) is 14.1. The number of hydrogen-bond donors (Lipinski definition) is 1. The highest BCUT2D eigenvalue weighted by atomic mass is 16.5. The normalized spacial score (nSPS) is 14.3. The Bertz CT molecular complexity index is 1040. The molecular formula is C22H26N4O3. The average Bonchev–Trinajstić information content (AvgIpc) is 3.40. The zero-order chi connectivity index (χ0) is 20.4. The maximum atomic E-state index is 13.0. The largest absolute Gasteiger partial charge is 0.493 e. The number of aromatic nitrogens is 3. The highest BCUT2D eigenvalue weighted by Crippen LogP contribution is 2.32. The van der Waals surface area contributed by atoms with E-state index >= 15 is 0 Å². The Balaban J connectivity index is 1.57. The van der Waals surface area contributed by atoms with Crippen LogP contribution in [0.4, 0.5) is 0 Å². The molecule has 1 aliphatic rings. The third-order valence-electron chi connectivity index (χ3n) is 5.51. The first-order valence-electron chi connectivity index (χ1n) is 9.94. The molecule has 2 heterocycles. The minimum Gasteiger partial charge on any atom is -0.493 e. The maximum absolute atomic E-state index is 13.0. The van der Waals surface area contributed by atoms with Crippen LogP contribution in [0.1, 0.15) is 53.3 Å². The van der Waals surface area contributed by atoms with Crippen LogP contribution >= 0.6 is 0 Å². The number of benzene rings is 1. The van der Waals surface area contributed by atoms with Crippen molar-refractivity contribution in [3.05, 3.63) is 47.3 Å². The number of carbonyl (C=O) groups is 1. The smallest absolute Gasteiger partial charge is 0.252 e. The summed E-state index contributed by atoms with van der Waals surface area (Å²) in [5, 5.41) is 8.37. The molecule has 1 aliphatic carbocycles. The van der Waals surface area contributed by atoms with Crippen LogP contribution in [0.15, 0.2) is 30.5 Å². The molecule has 1 N–H and O–H groups in total. The second-order valence-corrected chi connectivity index (χ2v) is 7.45. The monoisotopic (exact) mass is 394 g/mol. The second kappa shape index (κ2) is 8.11. The first kappa shape index (κ1) is 19.2. The summed E-state index contributed by atoms with van der Waals surface area (Å²) in [5.41, 5.74) is 3.15. The maximum Gasteiger partial charge on any atom is 0.252 e. The van der Waals surface area contributed by atoms with E-state index in [9.17, 15) is 4.79 Å². The molecule has 1 aromatic carbocycles. The zero-order valence-electron chi connectivity index (χ0n) is 17.1. The minimum atomic E-state index is -0.138. The lowest BCUT2D eigenvalue weighted by Crippen LogP contribution is -2.23. The van der Waals surface area contributed by atoms with Gasteiger partial charge in [0.2, 0.25) is 0 Å². The van der Waals surface area contributed by atoms with Crippen molar-refractivity contribution in [1.29, 1.82) is 0 Å². The van der Waals surface area contributed by atoms with E-state index in [2.05, 4.69) is 15.4 Å². The number of amides is 1. The third kappa shape index (κ3) is 3.77. The number of nitrogens with one attached hydrogen (secondary N) is 1. The average molecular weight is 394 g/mol. The molecule has 7 heteroatoms. The van der Waals surface area contributed by atoms with E-state index in [1.807, 2.05) is 35.9 Å². The van der Waals surface area contributed by atoms with Crippen molar-refractivity contribution in [2.24, 2.45) is 0 Å². The van der Waals surface area contributed by atoms with E-state index in [-0.39, 0.29) is 5.91 Å². The molecule has 3 aromatic rings. The van der Waals surface area contributed by atoms with Gasteiger partial charge in [0.1, 0.15) is 0 Å². The summed E-state index contributed by atoms with van der Waals surface area (Å²) in [6.07, 6.45) is 6.44. The Morgan fingerprint density at radius 1 is 1.17 bits per heavy atom. The van der Waals surface area contributed by atoms with Gasteiger partial charge < -0.3 is 14.8 Å². The topological polar surface area (TPSA) is 78.3 Å². The summed E-state index contributed by atoms with van der Waals surface area (Å²) in [6.45, 7) is 2.30. The molecule has 152 valence electrons. The molecule has 1 saturated carbocycles. The number of ether oxygens (including phenoxy) is 2. The van der Waals surface area contributed by atoms with E-state index in [1.54, 1.807) is 20.4 Å². The van der Waals surface area contributed by atoms with Gasteiger partial charge in [-0.1, -0.05) is 18.9 Å². The van der Waals surface area contributed by atoms with E-state index in [4.69, 9.17) is 9.47 Å². The van der Waals surface area contributed by atoms with Crippen LogP contribution in [0.2, 0.25) is 0 Å². The fraction of sp³-hybridized carbons (Fsp3) is 0.409. The van der Waals surface area contributed by atoms with Crippen molar-refractivity contribution >= 4 is 16.9 Å². The van der Waals surface area contributed by atoms with Crippen LogP contribution < -0.4 is 14.8 Å². The van der Waals surface area contributed by atoms with Crippen LogP contribution in [0.3, 0.4) is 0 Å². The van der Waals surface area contributed by atoms with E-state index < -0.39 is 0 Å². The molecule has 1 fully saturated rings. The molecule has 0 saturated heterocycles. The summed E-state index contributed by atoms with van der Waals surface area (Å²) >= 11 is 0. The molecule has 0 radical (unpaired) electrons. The molecule has 1 amide bonds. The quantitative estimate of drug-likeness (QED) is 0.688. The number of fused-ring (bicyclic) bond motifs is 1. The lowest BCUT2D eigenvalue weighted by Gasteiger charge is -2.12. The third-order valence-corrected chi connectivity index (χ3v) is 5.51. The van der Waals surface area contributed by atoms with Crippen molar-refractivity contribution < 1.29 is 14.3 Å². The fourth-order valence-corrected chi connectivity index (χ4v) is 4.02. The van der Waals surface area contributed by atoms with Gasteiger partial charge in [-0.2, -0.15) is 5.10 Å². The highest BCUT2D eigenvalue weighted by molar-refractivity contribution is 6.05. The van der Waals surface area contributed by atoms with Crippen molar-refractivity contribution in [2.45, 2.75) is 45.2 Å². The molecule has 0 bridgehead atoms. The molecule has 4 rings (SSSR count). The number of carbonyl (C=O) groups excluding carboxylic acids is 1. The Kier molecular flexibility index (Phi) is 5.38. The Labute approximate surface area is 170 Å². The Morgan fingerprint density at radius 2 is 1.93 bits per heavy atom. The number of methoxy groups -OCH3 is 2. The second-order valence-electron chi connectivity index (χ2n) is 7.45. The molecule has 29 heavy (non-hydrogen) atoms. The molecular weight excluding hydrogens is 368 g/mol. The number of hydrogen-bond acceptors (Lipinski definition) is 5. The van der Waals surface area contributed by atoms with Gasteiger partial charge in [-0.15, -0.1) is 0 Å². The van der Waals surface area contributed by atoms with Crippen LogP contribution in [0.5, 0.6) is 11.5 Å². The lowest BCUT2D eigenvalue weighted by atomic mass is 10.1. The van der Waals surface area contributed by atoms with Crippen molar-refractivity contribution in [3.63, 3.8) is 0 Å². The van der Waals surface area contributed by atoms with Gasteiger partial charge in [0.05, 0.1) is 37.4 Å². The summed E-state index contributed by atoms with van der Waals surface area (Å²) < 4.78 is 12.6. The van der Waals surface area contributed by atoms with Gasteiger partial charge in [-0.05, 0) is 43.5 Å². The fourth-order valence-electron chi connectivity index (χ4n) is 4.02. The minimum absolute atomic E-state index is 0.138. The predicted octanol–water partition coefficient (Wildman–Crippen LogP) is 3.80. The van der Waals surface area contributed by atoms with Crippen LogP contribution in [-0.2, 0) is 6.54 Å². The SMILES string of the molecule is COc1ccc(CNC(=O)c2cc(C)nc3c2cnn3C2CCCC2)cc1OC. The number of rotatable bonds is 6. The van der Waals surface area contributed by atoms with Gasteiger partial charge in [-0.25, -0.2) is 9.67 Å². The van der Waals surface area contributed by atoms with Crippen LogP contribution in [0.25, 0.3) is 11.0 Å². The van der Waals surface area contributed by atoms with Crippen molar-refractivity contribution in [1.82, 2.24) is 20.1 Å². The summed E-state index contributed by atoms with van der Waals surface area (Å²) in [5.74, 6) is 1.16. The summed E-state index contributed by atoms with van der Waals surface area (Å²) in [4.78, 5) is 17.6. The van der Waals surface area contributed by atoms with Crippen molar-refractivity contribution in [3.8, 4) is 11.5 Å². The summed E-state index contributed by atoms with van der Waals surface area (Å²) in [7, 11) is 3.20. The van der Waals surface area contributed by atoms with Gasteiger partial charge in [-0.3, -0.25) is 4.79 Å². The Hall–Kier alpha value is -3.09. The standard InChI is InChI=1S/C22H26N4O3/c1-14-10-17(18-13-24-26(21(18)25-14)16-6-4-5-7-16)22(27)23-12-15-8-9-19(28-2)20(11-15)29-3/h8-11,13,16H,4-7,12H2,1-3H3,(H,23,27). The molecule has 0 aliphatic heterocycles. The van der Waals surface area contributed by atoms with E-state index in [0.29, 0.717) is 29.6 Å². The summed E-state index contributed by atoms with van der Waals surface area (Å²) in [6, 6.07) is 7.82. The Morgan fingerprint density at radius 3 is 2.66 bits per heavy atom. The molecule has 0 atom stereocenters. The molecule has 2 aromatic heterocycles. The lowest BCUT2D eigenvalue weighted by molar-refractivity contribution is 0.0952. The zero-order valence-corrected chi connectivity index (χ0v) is 17.1. The molecule has 0 unspecified atom stereocenters. The predicted molar refractivity (Wildman–Crippen MR) is 110 cm³/mol. The van der Waals surface area contributed by atoms with Gasteiger partial charge in [0.25, 0.3) is 5.91 Å². The molecule has 0 spiro atoms. The van der Waals surface area contributed by atoms with E-state index in [1.165, 1.54) is 12.8 Å². The van der Waals surface area contributed by atoms with Crippen LogP contribution in [-0.4, -0.2) is 34.9 Å². The van der Waals surface area contributed by atoms with Gasteiger partial charge in [0.15, 0.2) is 17.1 Å². The first-order valence-corrected chi connectivity index (χ1v) is 9.94. The van der Waals surface area contributed by atoms with Crippen molar-refractivity contribution in [2.75, 3.05) is 14.2 Å².